The molecule has 0 aromatic heterocycles. The van der Waals surface area contributed by atoms with E-state index in [9.17, 15) is 0 Å². The molecule has 0 saturated carbocycles. The third-order valence-corrected chi connectivity index (χ3v) is 6.05. The Morgan fingerprint density at radius 1 is 1.05 bits per heavy atom. The van der Waals surface area contributed by atoms with Gasteiger partial charge in [0, 0.05) is 5.54 Å². The van der Waals surface area contributed by atoms with Crippen LogP contribution in [-0.2, 0) is 4.74 Å². The van der Waals surface area contributed by atoms with Gasteiger partial charge in [-0.05, 0) is 57.0 Å². The Labute approximate surface area is 126 Å². The number of epoxide rings is 1. The highest BCUT2D eigenvalue weighted by Crippen LogP contribution is 2.49. The summed E-state index contributed by atoms with van der Waals surface area (Å²) in [6.07, 6.45) is 7.34. The van der Waals surface area contributed by atoms with E-state index >= 15 is 0 Å². The molecule has 0 aromatic carbocycles. The van der Waals surface area contributed by atoms with Gasteiger partial charge >= 0.3 is 0 Å². The topological polar surface area (TPSA) is 15.8 Å². The summed E-state index contributed by atoms with van der Waals surface area (Å²) in [5, 5.41) is 0. The van der Waals surface area contributed by atoms with Crippen LogP contribution in [0.5, 0.6) is 0 Å². The molecule has 2 aliphatic rings. The van der Waals surface area contributed by atoms with Gasteiger partial charge in [0.1, 0.15) is 6.10 Å². The molecule has 0 bridgehead atoms. The van der Waals surface area contributed by atoms with E-state index in [2.05, 4.69) is 46.4 Å². The van der Waals surface area contributed by atoms with E-state index in [4.69, 9.17) is 4.74 Å². The third-order valence-electron chi connectivity index (χ3n) is 6.05. The summed E-state index contributed by atoms with van der Waals surface area (Å²) < 4.78 is 6.23. The minimum Gasteiger partial charge on any atom is -0.367 e. The fraction of sp³-hybridized carbons (Fsp3) is 1.00. The molecular weight excluding hydrogens is 246 g/mol. The molecule has 2 aliphatic heterocycles. The quantitative estimate of drug-likeness (QED) is 0.667. The Hall–Kier alpha value is -0.0800. The lowest BCUT2D eigenvalue weighted by molar-refractivity contribution is 0.0352. The van der Waals surface area contributed by atoms with Gasteiger partial charge in [0.2, 0.25) is 0 Å². The summed E-state index contributed by atoms with van der Waals surface area (Å²) in [4.78, 5) is 2.74. The van der Waals surface area contributed by atoms with Gasteiger partial charge < -0.3 is 4.74 Å². The molecule has 0 amide bonds. The lowest BCUT2D eigenvalue weighted by Gasteiger charge is -2.44. The fourth-order valence-corrected chi connectivity index (χ4v) is 3.89. The van der Waals surface area contributed by atoms with E-state index in [0.29, 0.717) is 17.6 Å². The Morgan fingerprint density at radius 2 is 1.65 bits per heavy atom. The van der Waals surface area contributed by atoms with E-state index in [1.165, 1.54) is 45.2 Å². The van der Waals surface area contributed by atoms with Crippen molar-refractivity contribution < 1.29 is 4.74 Å². The Balaban J connectivity index is 2.07. The largest absolute Gasteiger partial charge is 0.367 e. The highest BCUT2D eigenvalue weighted by atomic mass is 16.6. The number of hydrogen-bond acceptors (Lipinski definition) is 2. The zero-order valence-electron chi connectivity index (χ0n) is 14.5. The first-order chi connectivity index (χ1) is 9.35. The normalized spacial score (nSPS) is 32.1. The Bertz CT molecular complexity index is 319. The van der Waals surface area contributed by atoms with Crippen LogP contribution in [0.2, 0.25) is 0 Å². The van der Waals surface area contributed by atoms with E-state index in [1.807, 2.05) is 0 Å². The van der Waals surface area contributed by atoms with Crippen molar-refractivity contribution in [2.45, 2.75) is 91.4 Å². The van der Waals surface area contributed by atoms with Gasteiger partial charge in [0.05, 0.1) is 6.10 Å². The number of piperidine rings is 1. The molecule has 2 fully saturated rings. The lowest BCUT2D eigenvalue weighted by Crippen LogP contribution is -2.54. The second kappa shape index (κ2) is 5.96. The van der Waals surface area contributed by atoms with Crippen LogP contribution in [-0.4, -0.2) is 35.7 Å². The number of likely N-dealkylation sites (tertiary alicyclic amines) is 1. The fourth-order valence-electron chi connectivity index (χ4n) is 3.89. The molecule has 3 atom stereocenters. The van der Waals surface area contributed by atoms with Crippen LogP contribution in [0, 0.1) is 11.3 Å². The van der Waals surface area contributed by atoms with E-state index in [0.717, 1.165) is 5.92 Å². The maximum absolute atomic E-state index is 6.23. The number of ether oxygens (including phenoxy) is 1. The molecule has 0 aliphatic carbocycles. The van der Waals surface area contributed by atoms with Gasteiger partial charge in [0.25, 0.3) is 0 Å². The zero-order chi connectivity index (χ0) is 15.0. The van der Waals surface area contributed by atoms with Crippen LogP contribution >= 0.6 is 0 Å². The minimum absolute atomic E-state index is 0.256. The summed E-state index contributed by atoms with van der Waals surface area (Å²) in [6.45, 7) is 16.7. The van der Waals surface area contributed by atoms with Crippen LogP contribution in [0.3, 0.4) is 0 Å². The molecule has 118 valence electrons. The summed E-state index contributed by atoms with van der Waals surface area (Å²) >= 11 is 0. The monoisotopic (exact) mass is 281 g/mol. The van der Waals surface area contributed by atoms with Crippen LogP contribution in [0.15, 0.2) is 0 Å². The van der Waals surface area contributed by atoms with E-state index < -0.39 is 0 Å². The Morgan fingerprint density at radius 3 is 2.15 bits per heavy atom. The number of rotatable bonds is 6. The molecule has 2 nitrogen and oxygen atoms in total. The molecule has 2 heteroatoms. The smallest absolute Gasteiger partial charge is 0.103 e. The SMILES string of the molecule is CCCC(C)(C1OC1C(C)(C)CC)N1CCC(C)CC1. The summed E-state index contributed by atoms with van der Waals surface area (Å²) in [7, 11) is 0. The van der Waals surface area contributed by atoms with Crippen molar-refractivity contribution in [3.05, 3.63) is 0 Å². The first-order valence-corrected chi connectivity index (χ1v) is 8.75. The van der Waals surface area contributed by atoms with Gasteiger partial charge in [-0.25, -0.2) is 0 Å². The maximum Gasteiger partial charge on any atom is 0.103 e. The molecule has 2 rings (SSSR count). The highest BCUT2D eigenvalue weighted by molar-refractivity contribution is 5.09. The summed E-state index contributed by atoms with van der Waals surface area (Å²) in [6, 6.07) is 0. The molecule has 2 heterocycles. The third kappa shape index (κ3) is 3.06. The van der Waals surface area contributed by atoms with Gasteiger partial charge in [-0.15, -0.1) is 0 Å². The average Bonchev–Trinajstić information content (AvgIpc) is 3.21. The van der Waals surface area contributed by atoms with Crippen LogP contribution < -0.4 is 0 Å². The highest BCUT2D eigenvalue weighted by Gasteiger charge is 2.59. The summed E-state index contributed by atoms with van der Waals surface area (Å²) in [5.74, 6) is 0.903. The first kappa shape index (κ1) is 16.3. The molecule has 0 spiro atoms. The molecule has 0 aromatic rings. The first-order valence-electron chi connectivity index (χ1n) is 8.75. The van der Waals surface area contributed by atoms with Crippen molar-refractivity contribution >= 4 is 0 Å². The molecular formula is C18H35NO. The minimum atomic E-state index is 0.256. The molecule has 2 saturated heterocycles. The average molecular weight is 281 g/mol. The predicted molar refractivity (Wildman–Crippen MR) is 86.0 cm³/mol. The van der Waals surface area contributed by atoms with E-state index in [-0.39, 0.29) is 5.54 Å². The molecule has 0 radical (unpaired) electrons. The van der Waals surface area contributed by atoms with Crippen molar-refractivity contribution in [1.29, 1.82) is 0 Å². The van der Waals surface area contributed by atoms with Crippen LogP contribution in [0.25, 0.3) is 0 Å². The van der Waals surface area contributed by atoms with Gasteiger partial charge in [-0.3, -0.25) is 4.90 Å². The maximum atomic E-state index is 6.23. The van der Waals surface area contributed by atoms with Gasteiger partial charge in [0.15, 0.2) is 0 Å². The van der Waals surface area contributed by atoms with Crippen molar-refractivity contribution in [1.82, 2.24) is 4.90 Å². The van der Waals surface area contributed by atoms with E-state index in [1.54, 1.807) is 0 Å². The lowest BCUT2D eigenvalue weighted by atomic mass is 9.77. The van der Waals surface area contributed by atoms with Crippen molar-refractivity contribution in [2.75, 3.05) is 13.1 Å². The number of nitrogens with zero attached hydrogens (tertiary/aromatic N) is 1. The van der Waals surface area contributed by atoms with Crippen molar-refractivity contribution in [3.8, 4) is 0 Å². The second-order valence-corrected chi connectivity index (χ2v) is 8.10. The molecule has 20 heavy (non-hydrogen) atoms. The van der Waals surface area contributed by atoms with Crippen molar-refractivity contribution in [2.24, 2.45) is 11.3 Å². The Kier molecular flexibility index (Phi) is 4.86. The van der Waals surface area contributed by atoms with Crippen molar-refractivity contribution in [3.63, 3.8) is 0 Å². The standard InChI is InChI=1S/C18H35NO/c1-7-11-18(6,19-12-9-14(3)10-13-19)16-15(20-16)17(4,5)8-2/h14-16H,7-13H2,1-6H3. The molecule has 3 unspecified atom stereocenters. The molecule has 0 N–H and O–H groups in total. The zero-order valence-corrected chi connectivity index (χ0v) is 14.5. The predicted octanol–water partition coefficient (Wildman–Crippen LogP) is 4.48. The second-order valence-electron chi connectivity index (χ2n) is 8.10. The summed E-state index contributed by atoms with van der Waals surface area (Å²) in [5.41, 5.74) is 0.578. The van der Waals surface area contributed by atoms with Gasteiger partial charge in [-0.1, -0.05) is 41.0 Å². The van der Waals surface area contributed by atoms with Gasteiger partial charge in [-0.2, -0.15) is 0 Å². The number of hydrogen-bond donors (Lipinski definition) is 0. The van der Waals surface area contributed by atoms with Crippen LogP contribution in [0.1, 0.15) is 73.6 Å². The van der Waals surface area contributed by atoms with Crippen LogP contribution in [0.4, 0.5) is 0 Å².